The van der Waals surface area contributed by atoms with Gasteiger partial charge in [0.15, 0.2) is 0 Å². The van der Waals surface area contributed by atoms with Gasteiger partial charge in [-0.2, -0.15) is 13.2 Å². The molecule has 0 amide bonds. The molecule has 6 heteroatoms. The highest BCUT2D eigenvalue weighted by molar-refractivity contribution is 5.65. The number of nitrogens with two attached hydrogens (primary N) is 1. The van der Waals surface area contributed by atoms with Crippen molar-refractivity contribution in [2.24, 2.45) is 0 Å². The van der Waals surface area contributed by atoms with Crippen molar-refractivity contribution in [3.05, 3.63) is 53.7 Å². The third-order valence-electron chi connectivity index (χ3n) is 3.35. The van der Waals surface area contributed by atoms with Gasteiger partial charge in [-0.25, -0.2) is 4.98 Å². The van der Waals surface area contributed by atoms with Crippen LogP contribution in [-0.4, -0.2) is 11.0 Å². The lowest BCUT2D eigenvalue weighted by molar-refractivity contribution is -0.137. The number of aromatic nitrogens is 1. The van der Waals surface area contributed by atoms with Crippen LogP contribution < -0.4 is 10.6 Å². The van der Waals surface area contributed by atoms with Crippen LogP contribution in [0.5, 0.6) is 0 Å². The molecular weight excluding hydrogens is 291 g/mol. The molecule has 0 saturated heterocycles. The lowest BCUT2D eigenvalue weighted by Gasteiger charge is -2.30. The first kappa shape index (κ1) is 16.1. The van der Waals surface area contributed by atoms with E-state index >= 15 is 0 Å². The molecule has 3 nitrogen and oxygen atoms in total. The van der Waals surface area contributed by atoms with Gasteiger partial charge in [0.25, 0.3) is 0 Å². The maximum absolute atomic E-state index is 12.9. The van der Waals surface area contributed by atoms with Crippen LogP contribution >= 0.6 is 0 Å². The van der Waals surface area contributed by atoms with E-state index < -0.39 is 11.7 Å². The Morgan fingerprint density at radius 2 is 1.82 bits per heavy atom. The number of rotatable bonds is 4. The molecule has 0 aliphatic rings. The van der Waals surface area contributed by atoms with E-state index in [4.69, 9.17) is 5.73 Å². The van der Waals surface area contributed by atoms with Crippen LogP contribution in [-0.2, 0) is 12.7 Å². The van der Waals surface area contributed by atoms with Crippen molar-refractivity contribution in [3.63, 3.8) is 0 Å². The molecule has 2 aromatic rings. The van der Waals surface area contributed by atoms with Gasteiger partial charge in [0.1, 0.15) is 5.82 Å². The third-order valence-corrected chi connectivity index (χ3v) is 3.35. The minimum atomic E-state index is -4.44. The SMILES string of the molecule is CC(C)N(Cc1ccccc1)c1cc(C(F)(F)F)cnc1N. The number of alkyl halides is 3. The number of hydrogen-bond acceptors (Lipinski definition) is 3. The molecule has 0 saturated carbocycles. The molecule has 1 aromatic heterocycles. The Labute approximate surface area is 127 Å². The van der Waals surface area contributed by atoms with Crippen LogP contribution in [0.15, 0.2) is 42.6 Å². The maximum Gasteiger partial charge on any atom is 0.417 e. The first-order chi connectivity index (χ1) is 10.3. The number of hydrogen-bond donors (Lipinski definition) is 1. The number of pyridine rings is 1. The van der Waals surface area contributed by atoms with Crippen LogP contribution in [0, 0.1) is 0 Å². The first-order valence-corrected chi connectivity index (χ1v) is 6.92. The summed E-state index contributed by atoms with van der Waals surface area (Å²) in [5.74, 6) is 0.0950. The minimum absolute atomic E-state index is 0.0206. The average Bonchev–Trinajstić information content (AvgIpc) is 2.45. The highest BCUT2D eigenvalue weighted by Crippen LogP contribution is 2.34. The molecule has 1 heterocycles. The zero-order chi connectivity index (χ0) is 16.3. The zero-order valence-electron chi connectivity index (χ0n) is 12.4. The van der Waals surface area contributed by atoms with Crippen molar-refractivity contribution >= 4 is 11.5 Å². The molecule has 0 aliphatic carbocycles. The molecule has 2 rings (SSSR count). The molecule has 0 fully saturated rings. The smallest absolute Gasteiger partial charge is 0.382 e. The molecule has 0 radical (unpaired) electrons. The van der Waals surface area contributed by atoms with Gasteiger partial charge < -0.3 is 10.6 Å². The normalized spacial score (nSPS) is 11.7. The molecule has 0 aliphatic heterocycles. The number of nitrogen functional groups attached to an aromatic ring is 1. The van der Waals surface area contributed by atoms with E-state index in [2.05, 4.69) is 4.98 Å². The summed E-state index contributed by atoms with van der Waals surface area (Å²) in [4.78, 5) is 5.52. The predicted octanol–water partition coefficient (Wildman–Crippen LogP) is 4.10. The van der Waals surface area contributed by atoms with Gasteiger partial charge in [0.05, 0.1) is 11.3 Å². The molecular formula is C16H18F3N3. The van der Waals surface area contributed by atoms with E-state index in [1.165, 1.54) is 0 Å². The maximum atomic E-state index is 12.9. The van der Waals surface area contributed by atoms with Crippen molar-refractivity contribution in [1.29, 1.82) is 0 Å². The molecule has 0 unspecified atom stereocenters. The Morgan fingerprint density at radius 3 is 2.36 bits per heavy atom. The molecule has 0 spiro atoms. The Morgan fingerprint density at radius 1 is 1.18 bits per heavy atom. The number of nitrogens with zero attached hydrogens (tertiary/aromatic N) is 2. The quantitative estimate of drug-likeness (QED) is 0.924. The van der Waals surface area contributed by atoms with Gasteiger partial charge in [-0.3, -0.25) is 0 Å². The summed E-state index contributed by atoms with van der Waals surface area (Å²) >= 11 is 0. The van der Waals surface area contributed by atoms with Gasteiger partial charge in [-0.05, 0) is 25.5 Å². The lowest BCUT2D eigenvalue weighted by atomic mass is 10.1. The number of benzene rings is 1. The molecule has 0 atom stereocenters. The van der Waals surface area contributed by atoms with E-state index in [0.717, 1.165) is 17.8 Å². The van der Waals surface area contributed by atoms with Gasteiger partial charge in [-0.15, -0.1) is 0 Å². The molecule has 22 heavy (non-hydrogen) atoms. The summed E-state index contributed by atoms with van der Waals surface area (Å²) in [6.07, 6.45) is -3.68. The van der Waals surface area contributed by atoms with Crippen molar-refractivity contribution in [3.8, 4) is 0 Å². The Bertz CT molecular complexity index is 624. The Kier molecular flexibility index (Phi) is 4.59. The molecule has 118 valence electrons. The fraction of sp³-hybridized carbons (Fsp3) is 0.312. The fourth-order valence-corrected chi connectivity index (χ4v) is 2.17. The zero-order valence-corrected chi connectivity index (χ0v) is 12.4. The summed E-state index contributed by atoms with van der Waals surface area (Å²) < 4.78 is 38.7. The molecule has 1 aromatic carbocycles. The van der Waals surface area contributed by atoms with E-state index in [0.29, 0.717) is 12.2 Å². The van der Waals surface area contributed by atoms with Gasteiger partial charge in [0.2, 0.25) is 0 Å². The summed E-state index contributed by atoms with van der Waals surface area (Å²) in [6.45, 7) is 4.27. The second-order valence-electron chi connectivity index (χ2n) is 5.33. The largest absolute Gasteiger partial charge is 0.417 e. The second-order valence-corrected chi connectivity index (χ2v) is 5.33. The average molecular weight is 309 g/mol. The van der Waals surface area contributed by atoms with Crippen molar-refractivity contribution in [2.75, 3.05) is 10.6 Å². The van der Waals surface area contributed by atoms with Crippen LogP contribution in [0.4, 0.5) is 24.7 Å². The summed E-state index contributed by atoms with van der Waals surface area (Å²) in [7, 11) is 0. The number of anilines is 2. The highest BCUT2D eigenvalue weighted by atomic mass is 19.4. The highest BCUT2D eigenvalue weighted by Gasteiger charge is 2.32. The van der Waals surface area contributed by atoms with Crippen molar-refractivity contribution in [2.45, 2.75) is 32.6 Å². The topological polar surface area (TPSA) is 42.2 Å². The van der Waals surface area contributed by atoms with Gasteiger partial charge >= 0.3 is 6.18 Å². The summed E-state index contributed by atoms with van der Waals surface area (Å²) in [6, 6.07) is 10.6. The molecule has 0 bridgehead atoms. The standard InChI is InChI=1S/C16H18F3N3/c1-11(2)22(10-12-6-4-3-5-7-12)14-8-13(16(17,18)19)9-21-15(14)20/h3-9,11H,10H2,1-2H3,(H2,20,21). The van der Waals surface area contributed by atoms with Crippen LogP contribution in [0.1, 0.15) is 25.0 Å². The van der Waals surface area contributed by atoms with E-state index in [-0.39, 0.29) is 11.9 Å². The van der Waals surface area contributed by atoms with Gasteiger partial charge in [-0.1, -0.05) is 30.3 Å². The van der Waals surface area contributed by atoms with Gasteiger partial charge in [0, 0.05) is 18.8 Å². The summed E-state index contributed by atoms with van der Waals surface area (Å²) in [5, 5.41) is 0. The fourth-order valence-electron chi connectivity index (χ4n) is 2.17. The second kappa shape index (κ2) is 6.25. The van der Waals surface area contributed by atoms with Crippen LogP contribution in [0.3, 0.4) is 0 Å². The van der Waals surface area contributed by atoms with Crippen LogP contribution in [0.2, 0.25) is 0 Å². The third kappa shape index (κ3) is 3.69. The Balaban J connectivity index is 2.40. The first-order valence-electron chi connectivity index (χ1n) is 6.92. The summed E-state index contributed by atoms with van der Waals surface area (Å²) in [5.41, 5.74) is 6.30. The lowest BCUT2D eigenvalue weighted by Crippen LogP contribution is -2.31. The van der Waals surface area contributed by atoms with E-state index in [9.17, 15) is 13.2 Å². The minimum Gasteiger partial charge on any atom is -0.382 e. The van der Waals surface area contributed by atoms with E-state index in [1.807, 2.05) is 49.1 Å². The van der Waals surface area contributed by atoms with Crippen molar-refractivity contribution in [1.82, 2.24) is 4.98 Å². The van der Waals surface area contributed by atoms with Crippen LogP contribution in [0.25, 0.3) is 0 Å². The Hall–Kier alpha value is -2.24. The molecule has 2 N–H and O–H groups in total. The monoisotopic (exact) mass is 309 g/mol. The van der Waals surface area contributed by atoms with Crippen molar-refractivity contribution < 1.29 is 13.2 Å². The predicted molar refractivity (Wildman–Crippen MR) is 81.4 cm³/mol. The van der Waals surface area contributed by atoms with E-state index in [1.54, 1.807) is 0 Å². The number of halogens is 3.